The summed E-state index contributed by atoms with van der Waals surface area (Å²) in [6.07, 6.45) is 1.50. The van der Waals surface area contributed by atoms with Gasteiger partial charge in [0.1, 0.15) is 11.6 Å². The van der Waals surface area contributed by atoms with Crippen LogP contribution in [0.25, 0.3) is 6.08 Å². The van der Waals surface area contributed by atoms with Crippen LogP contribution in [0.4, 0.5) is 0 Å². The summed E-state index contributed by atoms with van der Waals surface area (Å²) >= 11 is 0. The molecule has 2 rings (SSSR count). The average Bonchev–Trinajstić information content (AvgIpc) is 2.97. The molecule has 0 amide bonds. The summed E-state index contributed by atoms with van der Waals surface area (Å²) in [4.78, 5) is 24.9. The van der Waals surface area contributed by atoms with Crippen LogP contribution in [0, 0.1) is 45.9 Å². The molecule has 0 aliphatic carbocycles. The number of benzene rings is 1. The van der Waals surface area contributed by atoms with Crippen LogP contribution in [0.15, 0.2) is 23.8 Å². The summed E-state index contributed by atoms with van der Waals surface area (Å²) in [7, 11) is 1.64. The topological polar surface area (TPSA) is 81.3 Å². The van der Waals surface area contributed by atoms with E-state index in [1.807, 2.05) is 52.8 Å². The monoisotopic (exact) mass is 408 g/mol. The molecule has 0 saturated carbocycles. The van der Waals surface area contributed by atoms with Gasteiger partial charge in [0, 0.05) is 30.6 Å². The molecule has 0 bridgehead atoms. The molecule has 6 heteroatoms. The Kier molecular flexibility index (Phi) is 7.73. The summed E-state index contributed by atoms with van der Waals surface area (Å²) in [6, 6.07) is 7.52. The molecular formula is C24H28N2O4. The molecule has 0 aliphatic rings. The van der Waals surface area contributed by atoms with Gasteiger partial charge < -0.3 is 14.0 Å². The van der Waals surface area contributed by atoms with Crippen molar-refractivity contribution >= 4 is 17.8 Å². The highest BCUT2D eigenvalue weighted by atomic mass is 16.5. The maximum absolute atomic E-state index is 12.5. The summed E-state index contributed by atoms with van der Waals surface area (Å²) in [5.74, 6) is -1.10. The van der Waals surface area contributed by atoms with Crippen molar-refractivity contribution in [2.45, 2.75) is 41.2 Å². The second-order valence-corrected chi connectivity index (χ2v) is 7.39. The van der Waals surface area contributed by atoms with Gasteiger partial charge in [0.25, 0.3) is 0 Å². The summed E-state index contributed by atoms with van der Waals surface area (Å²) in [5.41, 5.74) is 5.98. The first kappa shape index (κ1) is 23.1. The first-order chi connectivity index (χ1) is 14.2. The maximum atomic E-state index is 12.5. The zero-order valence-corrected chi connectivity index (χ0v) is 18.5. The van der Waals surface area contributed by atoms with E-state index in [9.17, 15) is 14.9 Å². The summed E-state index contributed by atoms with van der Waals surface area (Å²) in [6.45, 7) is 10.5. The van der Waals surface area contributed by atoms with Gasteiger partial charge in [-0.15, -0.1) is 0 Å². The maximum Gasteiger partial charge on any atom is 0.349 e. The number of nitrogens with zero attached hydrogens (tertiary/aromatic N) is 2. The van der Waals surface area contributed by atoms with Crippen molar-refractivity contribution in [1.29, 1.82) is 5.26 Å². The molecule has 0 unspecified atom stereocenters. The Hall–Kier alpha value is -3.17. The van der Waals surface area contributed by atoms with Crippen molar-refractivity contribution in [3.8, 4) is 6.07 Å². The molecule has 1 aromatic carbocycles. The molecule has 2 aromatic rings. The predicted octanol–water partition coefficient (Wildman–Crippen LogP) is 4.01. The number of carbonyl (C=O) groups excluding carboxylic acids is 2. The molecule has 1 heterocycles. The van der Waals surface area contributed by atoms with E-state index in [0.717, 1.165) is 33.6 Å². The number of aromatic nitrogens is 1. The van der Waals surface area contributed by atoms with E-state index < -0.39 is 12.6 Å². The Morgan fingerprint density at radius 3 is 2.37 bits per heavy atom. The Morgan fingerprint density at radius 2 is 1.73 bits per heavy atom. The third kappa shape index (κ3) is 5.25. The van der Waals surface area contributed by atoms with Crippen molar-refractivity contribution in [1.82, 2.24) is 4.57 Å². The van der Waals surface area contributed by atoms with Crippen molar-refractivity contribution in [3.05, 3.63) is 63.0 Å². The van der Waals surface area contributed by atoms with Gasteiger partial charge in [-0.3, -0.25) is 4.79 Å². The van der Waals surface area contributed by atoms with E-state index in [4.69, 9.17) is 9.47 Å². The zero-order chi connectivity index (χ0) is 22.4. The number of hydrogen-bond acceptors (Lipinski definition) is 5. The standard InChI is InChI=1S/C24H28N2O4/c1-15-9-17(3)22(10-16(15)2)23(27)14-30-24(28)21(13-25)12-20-11-18(4)26(19(20)5)7-8-29-6/h9-12H,7-8,14H2,1-6H3/b21-12+. The van der Waals surface area contributed by atoms with Crippen LogP contribution >= 0.6 is 0 Å². The van der Waals surface area contributed by atoms with Gasteiger partial charge in [0.15, 0.2) is 6.61 Å². The Balaban J connectivity index is 2.15. The molecule has 0 fully saturated rings. The van der Waals surface area contributed by atoms with E-state index in [-0.39, 0.29) is 11.4 Å². The van der Waals surface area contributed by atoms with E-state index in [2.05, 4.69) is 4.57 Å². The normalized spacial score (nSPS) is 11.3. The average molecular weight is 408 g/mol. The lowest BCUT2D eigenvalue weighted by atomic mass is 9.98. The number of aryl methyl sites for hydroxylation is 4. The lowest BCUT2D eigenvalue weighted by Crippen LogP contribution is -2.16. The van der Waals surface area contributed by atoms with E-state index in [0.29, 0.717) is 18.7 Å². The fourth-order valence-corrected chi connectivity index (χ4v) is 3.34. The van der Waals surface area contributed by atoms with Crippen molar-refractivity contribution < 1.29 is 19.1 Å². The molecular weight excluding hydrogens is 380 g/mol. The van der Waals surface area contributed by atoms with Gasteiger partial charge in [0.05, 0.1) is 6.61 Å². The molecule has 0 atom stereocenters. The van der Waals surface area contributed by atoms with Crippen LogP contribution < -0.4 is 0 Å². The van der Waals surface area contributed by atoms with Crippen LogP contribution in [-0.2, 0) is 20.8 Å². The van der Waals surface area contributed by atoms with Gasteiger partial charge in [0.2, 0.25) is 5.78 Å². The molecule has 0 radical (unpaired) electrons. The lowest BCUT2D eigenvalue weighted by molar-refractivity contribution is -0.137. The smallest absolute Gasteiger partial charge is 0.349 e. The van der Waals surface area contributed by atoms with Gasteiger partial charge in [-0.05, 0) is 75.1 Å². The number of Topliss-reactive ketones (excluding diaryl/α,β-unsaturated/α-hetero) is 1. The van der Waals surface area contributed by atoms with Gasteiger partial charge >= 0.3 is 5.97 Å². The van der Waals surface area contributed by atoms with Crippen molar-refractivity contribution in [2.24, 2.45) is 0 Å². The van der Waals surface area contributed by atoms with E-state index in [1.165, 1.54) is 6.08 Å². The molecule has 30 heavy (non-hydrogen) atoms. The summed E-state index contributed by atoms with van der Waals surface area (Å²) in [5, 5.41) is 9.43. The lowest BCUT2D eigenvalue weighted by Gasteiger charge is -2.09. The first-order valence-electron chi connectivity index (χ1n) is 9.75. The number of hydrogen-bond donors (Lipinski definition) is 0. The van der Waals surface area contributed by atoms with Crippen molar-refractivity contribution in [3.63, 3.8) is 0 Å². The zero-order valence-electron chi connectivity index (χ0n) is 18.5. The van der Waals surface area contributed by atoms with Gasteiger partial charge in [-0.2, -0.15) is 5.26 Å². The number of esters is 1. The number of ether oxygens (including phenoxy) is 2. The Bertz CT molecular complexity index is 1040. The number of carbonyl (C=O) groups is 2. The summed E-state index contributed by atoms with van der Waals surface area (Å²) < 4.78 is 12.3. The first-order valence-corrected chi connectivity index (χ1v) is 9.75. The molecule has 0 saturated heterocycles. The second kappa shape index (κ2) is 10.0. The molecule has 0 spiro atoms. The highest BCUT2D eigenvalue weighted by Crippen LogP contribution is 2.19. The number of ketones is 1. The van der Waals surface area contributed by atoms with E-state index >= 15 is 0 Å². The van der Waals surface area contributed by atoms with Crippen LogP contribution in [-0.4, -0.2) is 36.6 Å². The number of rotatable bonds is 8. The van der Waals surface area contributed by atoms with Crippen LogP contribution in [0.5, 0.6) is 0 Å². The van der Waals surface area contributed by atoms with Crippen LogP contribution in [0.1, 0.15) is 44.0 Å². The van der Waals surface area contributed by atoms with Gasteiger partial charge in [-0.1, -0.05) is 6.07 Å². The highest BCUT2D eigenvalue weighted by Gasteiger charge is 2.17. The van der Waals surface area contributed by atoms with Crippen LogP contribution in [0.2, 0.25) is 0 Å². The molecule has 158 valence electrons. The SMILES string of the molecule is COCCn1c(C)cc(/C=C(\C#N)C(=O)OCC(=O)c2cc(C)c(C)cc2C)c1C. The fourth-order valence-electron chi connectivity index (χ4n) is 3.34. The minimum absolute atomic E-state index is 0.147. The molecule has 0 aliphatic heterocycles. The minimum atomic E-state index is -0.811. The number of methoxy groups -OCH3 is 1. The Labute approximate surface area is 177 Å². The predicted molar refractivity (Wildman–Crippen MR) is 115 cm³/mol. The van der Waals surface area contributed by atoms with Gasteiger partial charge in [-0.25, -0.2) is 4.79 Å². The fraction of sp³-hybridized carbons (Fsp3) is 0.375. The third-order valence-electron chi connectivity index (χ3n) is 5.25. The third-order valence-corrected chi connectivity index (χ3v) is 5.25. The molecule has 6 nitrogen and oxygen atoms in total. The Morgan fingerprint density at radius 1 is 1.07 bits per heavy atom. The van der Waals surface area contributed by atoms with Crippen LogP contribution in [0.3, 0.4) is 0 Å². The van der Waals surface area contributed by atoms with Crippen molar-refractivity contribution in [2.75, 3.05) is 20.3 Å². The van der Waals surface area contributed by atoms with E-state index in [1.54, 1.807) is 13.2 Å². The second-order valence-electron chi connectivity index (χ2n) is 7.39. The minimum Gasteiger partial charge on any atom is -0.453 e. The quantitative estimate of drug-likeness (QED) is 0.285. The molecule has 1 aromatic heterocycles. The largest absolute Gasteiger partial charge is 0.453 e. The molecule has 0 N–H and O–H groups in total. The highest BCUT2D eigenvalue weighted by molar-refractivity contribution is 6.02. The number of nitriles is 1.